The monoisotopic (exact) mass is 287 g/mol. The second kappa shape index (κ2) is 6.99. The molecular formula is C17H21NO3. The average Bonchev–Trinajstić information content (AvgIpc) is 2.53. The van der Waals surface area contributed by atoms with Gasteiger partial charge in [-0.25, -0.2) is 0 Å². The number of hydrogen-bond acceptors (Lipinski definition) is 4. The minimum absolute atomic E-state index is 0.0328. The van der Waals surface area contributed by atoms with E-state index in [2.05, 4.69) is 0 Å². The Morgan fingerprint density at radius 1 is 0.952 bits per heavy atom. The van der Waals surface area contributed by atoms with Gasteiger partial charge in [-0.05, 0) is 42.3 Å². The molecule has 0 heterocycles. The molecule has 0 spiro atoms. The molecule has 0 fully saturated rings. The Labute approximate surface area is 125 Å². The molecule has 0 radical (unpaired) electrons. The smallest absolute Gasteiger partial charge is 0.161 e. The van der Waals surface area contributed by atoms with E-state index in [1.807, 2.05) is 49.4 Å². The van der Waals surface area contributed by atoms with E-state index in [1.54, 1.807) is 14.2 Å². The zero-order valence-electron chi connectivity index (χ0n) is 12.6. The SMILES string of the molecule is COc1ccc(COc2ccc(C(C)N)cc2OC)cc1. The Hall–Kier alpha value is -2.20. The topological polar surface area (TPSA) is 53.7 Å². The van der Waals surface area contributed by atoms with Crippen molar-refractivity contribution in [1.29, 1.82) is 0 Å². The summed E-state index contributed by atoms with van der Waals surface area (Å²) in [6.45, 7) is 2.41. The lowest BCUT2D eigenvalue weighted by Gasteiger charge is -2.14. The van der Waals surface area contributed by atoms with Crippen LogP contribution in [0.5, 0.6) is 17.2 Å². The Morgan fingerprint density at radius 3 is 2.24 bits per heavy atom. The van der Waals surface area contributed by atoms with Crippen LogP contribution in [-0.2, 0) is 6.61 Å². The molecule has 4 nitrogen and oxygen atoms in total. The van der Waals surface area contributed by atoms with Gasteiger partial charge in [0.2, 0.25) is 0 Å². The van der Waals surface area contributed by atoms with Crippen LogP contribution in [0.15, 0.2) is 42.5 Å². The molecule has 0 saturated heterocycles. The van der Waals surface area contributed by atoms with Gasteiger partial charge < -0.3 is 19.9 Å². The second-order valence-electron chi connectivity index (χ2n) is 4.84. The number of nitrogens with two attached hydrogens (primary N) is 1. The van der Waals surface area contributed by atoms with Crippen molar-refractivity contribution in [2.24, 2.45) is 5.73 Å². The van der Waals surface area contributed by atoms with Crippen molar-refractivity contribution in [2.45, 2.75) is 19.6 Å². The normalized spacial score (nSPS) is 11.8. The van der Waals surface area contributed by atoms with Gasteiger partial charge in [-0.3, -0.25) is 0 Å². The maximum absolute atomic E-state index is 5.87. The number of benzene rings is 2. The van der Waals surface area contributed by atoms with E-state index in [-0.39, 0.29) is 6.04 Å². The molecule has 0 aliphatic heterocycles. The summed E-state index contributed by atoms with van der Waals surface area (Å²) in [6, 6.07) is 13.5. The van der Waals surface area contributed by atoms with E-state index < -0.39 is 0 Å². The predicted octanol–water partition coefficient (Wildman–Crippen LogP) is 3.30. The van der Waals surface area contributed by atoms with Crippen molar-refractivity contribution >= 4 is 0 Å². The minimum Gasteiger partial charge on any atom is -0.497 e. The summed E-state index contributed by atoms with van der Waals surface area (Å²) in [5.41, 5.74) is 7.95. The summed E-state index contributed by atoms with van der Waals surface area (Å²) in [6.07, 6.45) is 0. The molecule has 1 unspecified atom stereocenters. The third-order valence-electron chi connectivity index (χ3n) is 3.27. The fraction of sp³-hybridized carbons (Fsp3) is 0.294. The summed E-state index contributed by atoms with van der Waals surface area (Å²) in [5, 5.41) is 0. The van der Waals surface area contributed by atoms with Gasteiger partial charge in [0.25, 0.3) is 0 Å². The molecule has 2 aromatic rings. The number of methoxy groups -OCH3 is 2. The molecule has 0 amide bonds. The first-order valence-electron chi connectivity index (χ1n) is 6.83. The van der Waals surface area contributed by atoms with E-state index in [1.165, 1.54) is 0 Å². The Bertz CT molecular complexity index is 579. The fourth-order valence-corrected chi connectivity index (χ4v) is 1.97. The maximum atomic E-state index is 5.87. The molecule has 0 aliphatic carbocycles. The summed E-state index contributed by atoms with van der Waals surface area (Å²) in [4.78, 5) is 0. The molecule has 0 aliphatic rings. The molecular weight excluding hydrogens is 266 g/mol. The van der Waals surface area contributed by atoms with Crippen molar-refractivity contribution in [3.05, 3.63) is 53.6 Å². The lowest BCUT2D eigenvalue weighted by molar-refractivity contribution is 0.284. The molecule has 2 aromatic carbocycles. The molecule has 112 valence electrons. The van der Waals surface area contributed by atoms with Gasteiger partial charge >= 0.3 is 0 Å². The van der Waals surface area contributed by atoms with Gasteiger partial charge in [-0.1, -0.05) is 18.2 Å². The van der Waals surface area contributed by atoms with Gasteiger partial charge in [-0.15, -0.1) is 0 Å². The van der Waals surface area contributed by atoms with Crippen LogP contribution in [0.3, 0.4) is 0 Å². The third kappa shape index (κ3) is 3.89. The van der Waals surface area contributed by atoms with E-state index in [9.17, 15) is 0 Å². The van der Waals surface area contributed by atoms with Crippen LogP contribution in [0.1, 0.15) is 24.1 Å². The lowest BCUT2D eigenvalue weighted by Crippen LogP contribution is -2.05. The van der Waals surface area contributed by atoms with E-state index in [0.29, 0.717) is 18.1 Å². The molecule has 4 heteroatoms. The van der Waals surface area contributed by atoms with Gasteiger partial charge in [-0.2, -0.15) is 0 Å². The van der Waals surface area contributed by atoms with Crippen LogP contribution in [0.4, 0.5) is 0 Å². The minimum atomic E-state index is -0.0328. The van der Waals surface area contributed by atoms with Crippen molar-refractivity contribution in [3.63, 3.8) is 0 Å². The highest BCUT2D eigenvalue weighted by Gasteiger charge is 2.08. The molecule has 0 saturated carbocycles. The van der Waals surface area contributed by atoms with Crippen molar-refractivity contribution in [2.75, 3.05) is 14.2 Å². The van der Waals surface area contributed by atoms with Crippen LogP contribution >= 0.6 is 0 Å². The summed E-state index contributed by atoms with van der Waals surface area (Å²) in [5.74, 6) is 2.23. The Morgan fingerprint density at radius 2 is 1.67 bits per heavy atom. The van der Waals surface area contributed by atoms with E-state index >= 15 is 0 Å². The van der Waals surface area contributed by atoms with Crippen LogP contribution < -0.4 is 19.9 Å². The fourth-order valence-electron chi connectivity index (χ4n) is 1.97. The van der Waals surface area contributed by atoms with E-state index in [4.69, 9.17) is 19.9 Å². The largest absolute Gasteiger partial charge is 0.497 e. The molecule has 21 heavy (non-hydrogen) atoms. The van der Waals surface area contributed by atoms with Crippen molar-refractivity contribution in [3.8, 4) is 17.2 Å². The highest BCUT2D eigenvalue weighted by Crippen LogP contribution is 2.30. The lowest BCUT2D eigenvalue weighted by atomic mass is 10.1. The second-order valence-corrected chi connectivity index (χ2v) is 4.84. The Balaban J connectivity index is 2.08. The molecule has 2 N–H and O–H groups in total. The zero-order valence-corrected chi connectivity index (χ0v) is 12.6. The molecule has 2 rings (SSSR count). The molecule has 0 bridgehead atoms. The standard InChI is InChI=1S/C17H21NO3/c1-12(18)14-6-9-16(17(10-14)20-3)21-11-13-4-7-15(19-2)8-5-13/h4-10,12H,11,18H2,1-3H3. The van der Waals surface area contributed by atoms with E-state index in [0.717, 1.165) is 16.9 Å². The first-order valence-corrected chi connectivity index (χ1v) is 6.83. The first kappa shape index (κ1) is 15.2. The van der Waals surface area contributed by atoms with Crippen molar-refractivity contribution < 1.29 is 14.2 Å². The van der Waals surface area contributed by atoms with Crippen LogP contribution in [0.25, 0.3) is 0 Å². The van der Waals surface area contributed by atoms with Crippen molar-refractivity contribution in [1.82, 2.24) is 0 Å². The number of ether oxygens (including phenoxy) is 3. The average molecular weight is 287 g/mol. The van der Waals surface area contributed by atoms with Gasteiger partial charge in [0.1, 0.15) is 12.4 Å². The van der Waals surface area contributed by atoms with Crippen LogP contribution in [0, 0.1) is 0 Å². The first-order chi connectivity index (χ1) is 10.1. The molecule has 0 aromatic heterocycles. The highest BCUT2D eigenvalue weighted by atomic mass is 16.5. The predicted molar refractivity (Wildman–Crippen MR) is 82.9 cm³/mol. The third-order valence-corrected chi connectivity index (χ3v) is 3.27. The van der Waals surface area contributed by atoms with Gasteiger partial charge in [0.05, 0.1) is 14.2 Å². The maximum Gasteiger partial charge on any atom is 0.161 e. The quantitative estimate of drug-likeness (QED) is 0.885. The number of rotatable bonds is 6. The Kier molecular flexibility index (Phi) is 5.06. The number of hydrogen-bond donors (Lipinski definition) is 1. The summed E-state index contributed by atoms with van der Waals surface area (Å²) >= 11 is 0. The zero-order chi connectivity index (χ0) is 15.2. The molecule has 1 atom stereocenters. The summed E-state index contributed by atoms with van der Waals surface area (Å²) in [7, 11) is 3.27. The summed E-state index contributed by atoms with van der Waals surface area (Å²) < 4.78 is 16.3. The van der Waals surface area contributed by atoms with Gasteiger partial charge in [0, 0.05) is 6.04 Å². The highest BCUT2D eigenvalue weighted by molar-refractivity contribution is 5.44. The van der Waals surface area contributed by atoms with Crippen LogP contribution in [0.2, 0.25) is 0 Å². The van der Waals surface area contributed by atoms with Gasteiger partial charge in [0.15, 0.2) is 11.5 Å². The van der Waals surface area contributed by atoms with Crippen LogP contribution in [-0.4, -0.2) is 14.2 Å².